The fraction of sp³-hybridized carbons (Fsp3) is 0. The van der Waals surface area contributed by atoms with E-state index in [1.165, 1.54) is 6.07 Å². The van der Waals surface area contributed by atoms with Crippen molar-refractivity contribution in [1.29, 1.82) is 0 Å². The van der Waals surface area contributed by atoms with Gasteiger partial charge in [0.2, 0.25) is 0 Å². The smallest absolute Gasteiger partial charge is 0.172 e. The van der Waals surface area contributed by atoms with Gasteiger partial charge in [-0.25, -0.2) is 0 Å². The van der Waals surface area contributed by atoms with Gasteiger partial charge in [0.15, 0.2) is 11.5 Å². The molecule has 104 valence electrons. The number of benzene rings is 1. The van der Waals surface area contributed by atoms with E-state index >= 15 is 0 Å². The van der Waals surface area contributed by atoms with Crippen molar-refractivity contribution in [3.8, 4) is 28.7 Å². The molecule has 3 rings (SSSR count). The van der Waals surface area contributed by atoms with Gasteiger partial charge in [-0.05, 0) is 36.4 Å². The Bertz CT molecular complexity index is 718. The van der Waals surface area contributed by atoms with Gasteiger partial charge in [0, 0.05) is 18.5 Å². The number of nitrogens with zero attached hydrogens (tertiary/aromatic N) is 2. The highest BCUT2D eigenvalue weighted by Crippen LogP contribution is 2.35. The van der Waals surface area contributed by atoms with Gasteiger partial charge >= 0.3 is 0 Å². The van der Waals surface area contributed by atoms with Crippen LogP contribution in [0, 0.1) is 0 Å². The van der Waals surface area contributed by atoms with Crippen LogP contribution in [0.2, 0.25) is 0 Å². The molecule has 0 fully saturated rings. The molecule has 0 amide bonds. The molecule has 0 aliphatic rings. The number of aromatic nitrogens is 2. The van der Waals surface area contributed by atoms with E-state index in [1.807, 2.05) is 0 Å². The first-order valence-electron chi connectivity index (χ1n) is 6.30. The van der Waals surface area contributed by atoms with Crippen LogP contribution in [0.15, 0.2) is 67.3 Å². The predicted molar refractivity (Wildman–Crippen MR) is 76.7 cm³/mol. The standard InChI is InChI=1S/C16H12N2O3/c19-15-6-5-12(20-13-3-1-7-17-10-13)9-16(15)21-14-4-2-8-18-11-14/h1-11,19H. The third-order valence-electron chi connectivity index (χ3n) is 2.66. The lowest BCUT2D eigenvalue weighted by molar-refractivity contribution is 0.404. The maximum atomic E-state index is 9.85. The lowest BCUT2D eigenvalue weighted by atomic mass is 10.3. The molecule has 2 aromatic heterocycles. The zero-order chi connectivity index (χ0) is 14.5. The Morgan fingerprint density at radius 2 is 1.43 bits per heavy atom. The van der Waals surface area contributed by atoms with E-state index in [4.69, 9.17) is 9.47 Å². The molecule has 0 saturated heterocycles. The molecule has 0 radical (unpaired) electrons. The molecule has 0 atom stereocenters. The Balaban J connectivity index is 1.83. The van der Waals surface area contributed by atoms with E-state index < -0.39 is 0 Å². The number of phenolic OH excluding ortho intramolecular Hbond substituents is 1. The van der Waals surface area contributed by atoms with Gasteiger partial charge in [-0.15, -0.1) is 0 Å². The van der Waals surface area contributed by atoms with Gasteiger partial charge in [-0.2, -0.15) is 0 Å². The van der Waals surface area contributed by atoms with E-state index in [9.17, 15) is 5.11 Å². The highest BCUT2D eigenvalue weighted by molar-refractivity contribution is 5.47. The highest BCUT2D eigenvalue weighted by atomic mass is 16.5. The van der Waals surface area contributed by atoms with Gasteiger partial charge in [-0.1, -0.05) is 0 Å². The Morgan fingerprint density at radius 1 is 0.762 bits per heavy atom. The van der Waals surface area contributed by atoms with Crippen LogP contribution in [0.4, 0.5) is 0 Å². The summed E-state index contributed by atoms with van der Waals surface area (Å²) in [5, 5.41) is 9.85. The lowest BCUT2D eigenvalue weighted by Gasteiger charge is -2.10. The first-order valence-corrected chi connectivity index (χ1v) is 6.30. The number of hydrogen-bond donors (Lipinski definition) is 1. The third-order valence-corrected chi connectivity index (χ3v) is 2.66. The first kappa shape index (κ1) is 12.9. The van der Waals surface area contributed by atoms with Crippen LogP contribution >= 0.6 is 0 Å². The fourth-order valence-corrected chi connectivity index (χ4v) is 1.72. The second kappa shape index (κ2) is 5.92. The van der Waals surface area contributed by atoms with Gasteiger partial charge in [0.05, 0.1) is 12.4 Å². The second-order valence-electron chi connectivity index (χ2n) is 4.21. The van der Waals surface area contributed by atoms with Crippen molar-refractivity contribution in [3.05, 3.63) is 67.3 Å². The summed E-state index contributed by atoms with van der Waals surface area (Å²) in [5.41, 5.74) is 0. The van der Waals surface area contributed by atoms with Gasteiger partial charge in [0.25, 0.3) is 0 Å². The van der Waals surface area contributed by atoms with Crippen molar-refractivity contribution in [2.24, 2.45) is 0 Å². The molecular formula is C16H12N2O3. The zero-order valence-corrected chi connectivity index (χ0v) is 11.0. The van der Waals surface area contributed by atoms with Gasteiger partial charge < -0.3 is 14.6 Å². The maximum absolute atomic E-state index is 9.85. The number of aromatic hydroxyl groups is 1. The quantitative estimate of drug-likeness (QED) is 0.788. The van der Waals surface area contributed by atoms with Crippen LogP contribution < -0.4 is 9.47 Å². The lowest BCUT2D eigenvalue weighted by Crippen LogP contribution is -1.88. The van der Waals surface area contributed by atoms with Crippen LogP contribution in [0.1, 0.15) is 0 Å². The van der Waals surface area contributed by atoms with E-state index in [0.29, 0.717) is 23.0 Å². The van der Waals surface area contributed by atoms with Crippen molar-refractivity contribution >= 4 is 0 Å². The fourth-order valence-electron chi connectivity index (χ4n) is 1.72. The normalized spacial score (nSPS) is 10.1. The summed E-state index contributed by atoms with van der Waals surface area (Å²) in [4.78, 5) is 7.93. The topological polar surface area (TPSA) is 64.5 Å². The predicted octanol–water partition coefficient (Wildman–Crippen LogP) is 3.77. The molecule has 21 heavy (non-hydrogen) atoms. The molecule has 3 aromatic rings. The molecule has 0 aliphatic heterocycles. The molecule has 5 heteroatoms. The summed E-state index contributed by atoms with van der Waals surface area (Å²) < 4.78 is 11.2. The second-order valence-corrected chi connectivity index (χ2v) is 4.21. The molecule has 5 nitrogen and oxygen atoms in total. The van der Waals surface area contributed by atoms with Crippen LogP contribution in [0.5, 0.6) is 28.7 Å². The number of rotatable bonds is 4. The van der Waals surface area contributed by atoms with E-state index in [-0.39, 0.29) is 5.75 Å². The molecule has 0 aliphatic carbocycles. The number of pyridine rings is 2. The van der Waals surface area contributed by atoms with Crippen molar-refractivity contribution in [1.82, 2.24) is 9.97 Å². The van der Waals surface area contributed by atoms with Crippen LogP contribution in [-0.4, -0.2) is 15.1 Å². The molecule has 0 bridgehead atoms. The van der Waals surface area contributed by atoms with Gasteiger partial charge in [0.1, 0.15) is 17.2 Å². The van der Waals surface area contributed by atoms with Crippen molar-refractivity contribution in [3.63, 3.8) is 0 Å². The van der Waals surface area contributed by atoms with Crippen LogP contribution in [0.3, 0.4) is 0 Å². The summed E-state index contributed by atoms with van der Waals surface area (Å²) >= 11 is 0. The molecule has 0 unspecified atom stereocenters. The van der Waals surface area contributed by atoms with Crippen molar-refractivity contribution in [2.45, 2.75) is 0 Å². The van der Waals surface area contributed by atoms with Gasteiger partial charge in [-0.3, -0.25) is 9.97 Å². The monoisotopic (exact) mass is 280 g/mol. The minimum atomic E-state index is 0.0254. The van der Waals surface area contributed by atoms with Crippen molar-refractivity contribution < 1.29 is 14.6 Å². The summed E-state index contributed by atoms with van der Waals surface area (Å²) in [5.74, 6) is 2.00. The van der Waals surface area contributed by atoms with E-state index in [2.05, 4.69) is 9.97 Å². The Kier molecular flexibility index (Phi) is 3.64. The number of ether oxygens (including phenoxy) is 2. The highest BCUT2D eigenvalue weighted by Gasteiger charge is 2.07. The molecular weight excluding hydrogens is 268 g/mol. The first-order chi connectivity index (χ1) is 10.3. The minimum absolute atomic E-state index is 0.0254. The summed E-state index contributed by atoms with van der Waals surface area (Å²) in [7, 11) is 0. The number of hydrogen-bond acceptors (Lipinski definition) is 5. The van der Waals surface area contributed by atoms with Crippen LogP contribution in [0.25, 0.3) is 0 Å². The number of phenols is 1. The van der Waals surface area contributed by atoms with Crippen molar-refractivity contribution in [2.75, 3.05) is 0 Å². The third kappa shape index (κ3) is 3.27. The Hall–Kier alpha value is -3.08. The molecule has 1 N–H and O–H groups in total. The van der Waals surface area contributed by atoms with E-state index in [1.54, 1.807) is 61.2 Å². The largest absolute Gasteiger partial charge is 0.504 e. The van der Waals surface area contributed by atoms with E-state index in [0.717, 1.165) is 0 Å². The SMILES string of the molecule is Oc1ccc(Oc2cccnc2)cc1Oc1cccnc1. The average Bonchev–Trinajstić information content (AvgIpc) is 2.53. The zero-order valence-electron chi connectivity index (χ0n) is 11.0. The molecule has 0 saturated carbocycles. The summed E-state index contributed by atoms with van der Waals surface area (Å²) in [6, 6.07) is 11.8. The molecule has 0 spiro atoms. The average molecular weight is 280 g/mol. The van der Waals surface area contributed by atoms with Crippen LogP contribution in [-0.2, 0) is 0 Å². The summed E-state index contributed by atoms with van der Waals surface area (Å²) in [6.45, 7) is 0. The Labute approximate surface area is 121 Å². The summed E-state index contributed by atoms with van der Waals surface area (Å²) in [6.07, 6.45) is 6.48. The maximum Gasteiger partial charge on any atom is 0.172 e. The Morgan fingerprint density at radius 3 is 2.05 bits per heavy atom. The molecule has 1 aromatic carbocycles. The molecule has 2 heterocycles. The minimum Gasteiger partial charge on any atom is -0.504 e.